The Bertz CT molecular complexity index is 293. The van der Waals surface area contributed by atoms with E-state index in [1.165, 1.54) is 29.2 Å². The van der Waals surface area contributed by atoms with Gasteiger partial charge in [0.25, 0.3) is 0 Å². The van der Waals surface area contributed by atoms with E-state index in [4.69, 9.17) is 0 Å². The van der Waals surface area contributed by atoms with Crippen LogP contribution in [0.5, 0.6) is 0 Å². The fraction of sp³-hybridized carbons (Fsp3) is 0.692. The van der Waals surface area contributed by atoms with Crippen LogP contribution in [-0.4, -0.2) is 17.5 Å². The van der Waals surface area contributed by atoms with Crippen LogP contribution >= 0.6 is 23.1 Å². The van der Waals surface area contributed by atoms with Crippen molar-refractivity contribution in [2.24, 2.45) is 5.92 Å². The molecular formula is C13H21NS2. The average Bonchev–Trinajstić information content (AvgIpc) is 2.98. The minimum absolute atomic E-state index is 0.618. The maximum atomic E-state index is 3.81. The lowest BCUT2D eigenvalue weighted by molar-refractivity contribution is 0.445. The molecule has 0 bridgehead atoms. The standard InChI is InChI=1S/C13H21NS2/c1-3-15-9-10(2)14-13(11-6-7-11)12-5-4-8-16-12/h4-5,8,10-11,13-14H,3,6-7,9H2,1-2H3. The number of hydrogen-bond donors (Lipinski definition) is 1. The maximum absolute atomic E-state index is 3.81. The Labute approximate surface area is 107 Å². The number of thioether (sulfide) groups is 1. The molecule has 0 aromatic carbocycles. The van der Waals surface area contributed by atoms with E-state index >= 15 is 0 Å². The van der Waals surface area contributed by atoms with Gasteiger partial charge in [-0.2, -0.15) is 11.8 Å². The lowest BCUT2D eigenvalue weighted by atomic mass is 10.1. The fourth-order valence-corrected chi connectivity index (χ4v) is 3.56. The Morgan fingerprint density at radius 3 is 2.94 bits per heavy atom. The number of hydrogen-bond acceptors (Lipinski definition) is 3. The Kier molecular flexibility index (Phi) is 4.74. The summed E-state index contributed by atoms with van der Waals surface area (Å²) in [5.74, 6) is 3.34. The molecule has 3 heteroatoms. The van der Waals surface area contributed by atoms with E-state index in [-0.39, 0.29) is 0 Å². The highest BCUT2D eigenvalue weighted by Gasteiger charge is 2.33. The summed E-state index contributed by atoms with van der Waals surface area (Å²) >= 11 is 3.92. The predicted molar refractivity (Wildman–Crippen MR) is 75.4 cm³/mol. The summed E-state index contributed by atoms with van der Waals surface area (Å²) in [6.07, 6.45) is 2.81. The molecule has 1 N–H and O–H groups in total. The first-order chi connectivity index (χ1) is 7.81. The van der Waals surface area contributed by atoms with E-state index in [9.17, 15) is 0 Å². The number of nitrogens with one attached hydrogen (secondary N) is 1. The Morgan fingerprint density at radius 2 is 2.38 bits per heavy atom. The van der Waals surface area contributed by atoms with Crippen LogP contribution in [0.4, 0.5) is 0 Å². The summed E-state index contributed by atoms with van der Waals surface area (Å²) in [5, 5.41) is 6.00. The van der Waals surface area contributed by atoms with Crippen molar-refractivity contribution in [2.45, 2.75) is 38.8 Å². The SMILES string of the molecule is CCSCC(C)NC(c1cccs1)C1CC1. The second-order valence-corrected chi connectivity index (χ2v) is 6.86. The van der Waals surface area contributed by atoms with Crippen molar-refractivity contribution in [3.63, 3.8) is 0 Å². The molecule has 1 nitrogen and oxygen atoms in total. The minimum Gasteiger partial charge on any atom is -0.306 e. The van der Waals surface area contributed by atoms with Crippen LogP contribution in [0.2, 0.25) is 0 Å². The smallest absolute Gasteiger partial charge is 0.0445 e. The number of rotatable bonds is 7. The summed E-state index contributed by atoms with van der Waals surface area (Å²) in [5.41, 5.74) is 0. The molecule has 2 unspecified atom stereocenters. The van der Waals surface area contributed by atoms with E-state index in [1.807, 2.05) is 23.1 Å². The second kappa shape index (κ2) is 6.08. The van der Waals surface area contributed by atoms with Crippen molar-refractivity contribution in [2.75, 3.05) is 11.5 Å². The zero-order valence-corrected chi connectivity index (χ0v) is 11.7. The van der Waals surface area contributed by atoms with Gasteiger partial charge < -0.3 is 5.32 Å². The highest BCUT2D eigenvalue weighted by atomic mass is 32.2. The van der Waals surface area contributed by atoms with E-state index in [1.54, 1.807) is 0 Å². The van der Waals surface area contributed by atoms with Crippen LogP contribution < -0.4 is 5.32 Å². The molecular weight excluding hydrogens is 234 g/mol. The van der Waals surface area contributed by atoms with Crippen molar-refractivity contribution in [3.8, 4) is 0 Å². The monoisotopic (exact) mass is 255 g/mol. The molecule has 0 saturated heterocycles. The van der Waals surface area contributed by atoms with Gasteiger partial charge in [0.15, 0.2) is 0 Å². The largest absolute Gasteiger partial charge is 0.306 e. The topological polar surface area (TPSA) is 12.0 Å². The molecule has 2 atom stereocenters. The van der Waals surface area contributed by atoms with Crippen LogP contribution in [0.1, 0.15) is 37.6 Å². The predicted octanol–water partition coefficient (Wildman–Crippen LogP) is 3.93. The van der Waals surface area contributed by atoms with E-state index < -0.39 is 0 Å². The number of thiophene rings is 1. The molecule has 0 radical (unpaired) electrons. The van der Waals surface area contributed by atoms with E-state index in [0.717, 1.165) is 5.92 Å². The van der Waals surface area contributed by atoms with Crippen molar-refractivity contribution >= 4 is 23.1 Å². The Hall–Kier alpha value is 0.01000. The third-order valence-electron chi connectivity index (χ3n) is 2.98. The van der Waals surface area contributed by atoms with E-state index in [2.05, 4.69) is 36.7 Å². The molecule has 1 aliphatic carbocycles. The van der Waals surface area contributed by atoms with Crippen LogP contribution in [0.25, 0.3) is 0 Å². The molecule has 1 fully saturated rings. The first-order valence-electron chi connectivity index (χ1n) is 6.18. The third-order valence-corrected chi connectivity index (χ3v) is 5.08. The van der Waals surface area contributed by atoms with Crippen molar-refractivity contribution < 1.29 is 0 Å². The van der Waals surface area contributed by atoms with Gasteiger partial charge in [0.1, 0.15) is 0 Å². The van der Waals surface area contributed by atoms with Gasteiger partial charge in [-0.25, -0.2) is 0 Å². The van der Waals surface area contributed by atoms with Crippen LogP contribution in [0.3, 0.4) is 0 Å². The van der Waals surface area contributed by atoms with Gasteiger partial charge in [0.05, 0.1) is 0 Å². The normalized spacial score (nSPS) is 19.6. The Balaban J connectivity index is 1.88. The summed E-state index contributed by atoms with van der Waals surface area (Å²) < 4.78 is 0. The Morgan fingerprint density at radius 1 is 1.56 bits per heavy atom. The summed E-state index contributed by atoms with van der Waals surface area (Å²) in [7, 11) is 0. The van der Waals surface area contributed by atoms with Gasteiger partial charge in [0.2, 0.25) is 0 Å². The molecule has 2 rings (SSSR count). The van der Waals surface area contributed by atoms with Crippen LogP contribution in [0.15, 0.2) is 17.5 Å². The highest BCUT2D eigenvalue weighted by Crippen LogP contribution is 2.42. The van der Waals surface area contributed by atoms with Gasteiger partial charge in [-0.15, -0.1) is 11.3 Å². The molecule has 16 heavy (non-hydrogen) atoms. The molecule has 1 heterocycles. The summed E-state index contributed by atoms with van der Waals surface area (Å²) in [6, 6.07) is 5.69. The fourth-order valence-electron chi connectivity index (χ4n) is 2.00. The quantitative estimate of drug-likeness (QED) is 0.792. The highest BCUT2D eigenvalue weighted by molar-refractivity contribution is 7.99. The summed E-state index contributed by atoms with van der Waals surface area (Å²) in [4.78, 5) is 1.52. The zero-order valence-electron chi connectivity index (χ0n) is 10.1. The van der Waals surface area contributed by atoms with Gasteiger partial charge in [-0.05, 0) is 42.9 Å². The van der Waals surface area contributed by atoms with Gasteiger partial charge >= 0.3 is 0 Å². The zero-order chi connectivity index (χ0) is 11.4. The second-order valence-electron chi connectivity index (χ2n) is 4.56. The molecule has 1 aromatic rings. The molecule has 1 aliphatic rings. The van der Waals surface area contributed by atoms with Crippen molar-refractivity contribution in [1.82, 2.24) is 5.32 Å². The van der Waals surface area contributed by atoms with Gasteiger partial charge in [-0.1, -0.05) is 13.0 Å². The summed E-state index contributed by atoms with van der Waals surface area (Å²) in [6.45, 7) is 4.54. The molecule has 90 valence electrons. The lowest BCUT2D eigenvalue weighted by Crippen LogP contribution is -2.33. The van der Waals surface area contributed by atoms with Crippen LogP contribution in [0, 0.1) is 5.92 Å². The third kappa shape index (κ3) is 3.51. The molecule has 0 amide bonds. The molecule has 1 aromatic heterocycles. The molecule has 1 saturated carbocycles. The van der Waals surface area contributed by atoms with Gasteiger partial charge in [-0.3, -0.25) is 0 Å². The minimum atomic E-state index is 0.618. The van der Waals surface area contributed by atoms with Crippen molar-refractivity contribution in [1.29, 1.82) is 0 Å². The lowest BCUT2D eigenvalue weighted by Gasteiger charge is -2.22. The average molecular weight is 255 g/mol. The van der Waals surface area contributed by atoms with Crippen LogP contribution in [-0.2, 0) is 0 Å². The first kappa shape index (κ1) is 12.5. The maximum Gasteiger partial charge on any atom is 0.0445 e. The molecule has 0 spiro atoms. The van der Waals surface area contributed by atoms with Gasteiger partial charge in [0, 0.05) is 22.7 Å². The first-order valence-corrected chi connectivity index (χ1v) is 8.22. The molecule has 0 aliphatic heterocycles. The van der Waals surface area contributed by atoms with Crippen molar-refractivity contribution in [3.05, 3.63) is 22.4 Å². The van der Waals surface area contributed by atoms with E-state index in [0.29, 0.717) is 12.1 Å².